The van der Waals surface area contributed by atoms with E-state index in [2.05, 4.69) is 15.2 Å². The van der Waals surface area contributed by atoms with E-state index in [0.29, 0.717) is 32.6 Å². The highest BCUT2D eigenvalue weighted by atomic mass is 16.5. The quantitative estimate of drug-likeness (QED) is 0.492. The number of aromatic nitrogens is 4. The highest BCUT2D eigenvalue weighted by molar-refractivity contribution is 5.92. The second-order valence-electron chi connectivity index (χ2n) is 8.38. The van der Waals surface area contributed by atoms with Crippen LogP contribution in [0.4, 0.5) is 5.82 Å². The lowest BCUT2D eigenvalue weighted by Crippen LogP contribution is -2.37. The van der Waals surface area contributed by atoms with Gasteiger partial charge in [0.25, 0.3) is 0 Å². The first-order valence-corrected chi connectivity index (χ1v) is 11.4. The maximum Gasteiger partial charge on any atom is 0.220 e. The summed E-state index contributed by atoms with van der Waals surface area (Å²) in [6, 6.07) is 12.0. The highest BCUT2D eigenvalue weighted by Gasteiger charge is 2.17. The minimum atomic E-state index is 0.0105. The third kappa shape index (κ3) is 4.26. The summed E-state index contributed by atoms with van der Waals surface area (Å²) in [6.45, 7) is 7.54. The maximum atomic E-state index is 12.7. The van der Waals surface area contributed by atoms with Gasteiger partial charge in [-0.05, 0) is 44.0 Å². The number of carbonyl (C=O) groups is 1. The zero-order valence-electron chi connectivity index (χ0n) is 19.0. The van der Waals surface area contributed by atoms with Crippen LogP contribution in [0, 0.1) is 13.8 Å². The molecule has 1 aliphatic rings. The Kier molecular flexibility index (Phi) is 5.92. The standard InChI is InChI=1S/C25H28N6O2/c1-17-20(18(2)31-25(28-17)21-7-3-4-8-22(21)29-31)9-10-23(32)27-16-19-6-5-11-26-24(19)30-12-14-33-15-13-30/h3-8,11H,9-10,12-16H2,1-2H3,(H,27,32). The molecule has 0 spiro atoms. The number of carbonyl (C=O) groups excluding carboxylic acids is 1. The van der Waals surface area contributed by atoms with E-state index in [4.69, 9.17) is 14.8 Å². The number of benzene rings is 1. The molecule has 0 bridgehead atoms. The number of morpholine rings is 1. The molecule has 1 aromatic carbocycles. The van der Waals surface area contributed by atoms with Crippen molar-refractivity contribution < 1.29 is 9.53 Å². The second kappa shape index (κ2) is 9.15. The van der Waals surface area contributed by atoms with Gasteiger partial charge in [0, 0.05) is 54.6 Å². The lowest BCUT2D eigenvalue weighted by molar-refractivity contribution is -0.121. The van der Waals surface area contributed by atoms with E-state index in [-0.39, 0.29) is 5.91 Å². The minimum absolute atomic E-state index is 0.0105. The van der Waals surface area contributed by atoms with Crippen LogP contribution < -0.4 is 10.2 Å². The second-order valence-corrected chi connectivity index (χ2v) is 8.38. The summed E-state index contributed by atoms with van der Waals surface area (Å²) in [5.74, 6) is 0.935. The fraction of sp³-hybridized carbons (Fsp3) is 0.360. The zero-order valence-corrected chi connectivity index (χ0v) is 19.0. The fourth-order valence-corrected chi connectivity index (χ4v) is 4.49. The predicted molar refractivity (Wildman–Crippen MR) is 127 cm³/mol. The van der Waals surface area contributed by atoms with Crippen LogP contribution in [0.2, 0.25) is 0 Å². The number of ether oxygens (including phenoxy) is 1. The highest BCUT2D eigenvalue weighted by Crippen LogP contribution is 2.23. The van der Waals surface area contributed by atoms with E-state index in [1.807, 2.05) is 54.8 Å². The average Bonchev–Trinajstić information content (AvgIpc) is 3.22. The van der Waals surface area contributed by atoms with Crippen molar-refractivity contribution in [1.82, 2.24) is 24.9 Å². The summed E-state index contributed by atoms with van der Waals surface area (Å²) in [6.07, 6.45) is 2.80. The van der Waals surface area contributed by atoms with Crippen LogP contribution in [0.25, 0.3) is 16.6 Å². The van der Waals surface area contributed by atoms with Crippen molar-refractivity contribution in [3.63, 3.8) is 0 Å². The van der Waals surface area contributed by atoms with Crippen molar-refractivity contribution in [3.8, 4) is 0 Å². The molecule has 1 fully saturated rings. The number of hydrogen-bond acceptors (Lipinski definition) is 6. The molecule has 0 saturated carbocycles. The molecule has 1 amide bonds. The van der Waals surface area contributed by atoms with Gasteiger partial charge in [0.2, 0.25) is 5.91 Å². The van der Waals surface area contributed by atoms with Gasteiger partial charge in [0.05, 0.1) is 18.7 Å². The van der Waals surface area contributed by atoms with Crippen LogP contribution in [0.15, 0.2) is 42.6 Å². The summed E-state index contributed by atoms with van der Waals surface area (Å²) in [7, 11) is 0. The third-order valence-corrected chi connectivity index (χ3v) is 6.27. The molecule has 5 rings (SSSR count). The Bertz CT molecular complexity index is 1310. The number of anilines is 1. The maximum absolute atomic E-state index is 12.7. The van der Waals surface area contributed by atoms with E-state index in [0.717, 1.165) is 58.0 Å². The first kappa shape index (κ1) is 21.3. The summed E-state index contributed by atoms with van der Waals surface area (Å²) >= 11 is 0. The normalized spacial score (nSPS) is 14.2. The minimum Gasteiger partial charge on any atom is -0.378 e. The van der Waals surface area contributed by atoms with Gasteiger partial charge in [-0.3, -0.25) is 4.79 Å². The van der Waals surface area contributed by atoms with E-state index in [9.17, 15) is 4.79 Å². The van der Waals surface area contributed by atoms with Gasteiger partial charge in [0.1, 0.15) is 5.82 Å². The van der Waals surface area contributed by atoms with Crippen LogP contribution in [0.1, 0.15) is 28.9 Å². The van der Waals surface area contributed by atoms with Crippen LogP contribution in [-0.4, -0.2) is 51.8 Å². The average molecular weight is 445 g/mol. The number of amides is 1. The summed E-state index contributed by atoms with van der Waals surface area (Å²) in [4.78, 5) is 24.3. The van der Waals surface area contributed by atoms with Gasteiger partial charge < -0.3 is 15.0 Å². The first-order chi connectivity index (χ1) is 16.1. The SMILES string of the molecule is Cc1nc2c3ccccc3nn2c(C)c1CCC(=O)NCc1cccnc1N1CCOCC1. The molecule has 0 atom stereocenters. The Morgan fingerprint density at radius 3 is 2.79 bits per heavy atom. The van der Waals surface area contributed by atoms with Gasteiger partial charge in [-0.25, -0.2) is 14.5 Å². The Morgan fingerprint density at radius 1 is 1.12 bits per heavy atom. The molecule has 4 heterocycles. The van der Waals surface area contributed by atoms with E-state index < -0.39 is 0 Å². The Morgan fingerprint density at radius 2 is 1.94 bits per heavy atom. The molecule has 8 nitrogen and oxygen atoms in total. The number of pyridine rings is 1. The Balaban J connectivity index is 1.27. The molecule has 33 heavy (non-hydrogen) atoms. The van der Waals surface area contributed by atoms with E-state index >= 15 is 0 Å². The Labute approximate surface area is 192 Å². The zero-order chi connectivity index (χ0) is 22.8. The summed E-state index contributed by atoms with van der Waals surface area (Å²) < 4.78 is 7.34. The summed E-state index contributed by atoms with van der Waals surface area (Å²) in [5.41, 5.74) is 5.85. The predicted octanol–water partition coefficient (Wildman–Crippen LogP) is 2.98. The topological polar surface area (TPSA) is 84.7 Å². The largest absolute Gasteiger partial charge is 0.378 e. The molecular formula is C25H28N6O2. The number of fused-ring (bicyclic) bond motifs is 3. The molecule has 8 heteroatoms. The molecule has 1 saturated heterocycles. The van der Waals surface area contributed by atoms with Crippen LogP contribution in [0.5, 0.6) is 0 Å². The molecular weight excluding hydrogens is 416 g/mol. The number of aryl methyl sites for hydroxylation is 2. The van der Waals surface area contributed by atoms with Crippen LogP contribution in [-0.2, 0) is 22.5 Å². The first-order valence-electron chi connectivity index (χ1n) is 11.4. The monoisotopic (exact) mass is 444 g/mol. The van der Waals surface area contributed by atoms with Gasteiger partial charge in [-0.2, -0.15) is 5.10 Å². The number of rotatable bonds is 6. The molecule has 170 valence electrons. The fourth-order valence-electron chi connectivity index (χ4n) is 4.49. The van der Waals surface area contributed by atoms with Gasteiger partial charge in [-0.15, -0.1) is 0 Å². The molecule has 1 aliphatic heterocycles. The summed E-state index contributed by atoms with van der Waals surface area (Å²) in [5, 5.41) is 8.82. The van der Waals surface area contributed by atoms with Gasteiger partial charge >= 0.3 is 0 Å². The van der Waals surface area contributed by atoms with E-state index in [1.54, 1.807) is 6.20 Å². The molecule has 0 aliphatic carbocycles. The van der Waals surface area contributed by atoms with Crippen LogP contribution >= 0.6 is 0 Å². The van der Waals surface area contributed by atoms with Crippen molar-refractivity contribution in [3.05, 3.63) is 65.1 Å². The van der Waals surface area contributed by atoms with Crippen molar-refractivity contribution in [2.45, 2.75) is 33.2 Å². The number of hydrogen-bond donors (Lipinski definition) is 1. The van der Waals surface area contributed by atoms with Crippen molar-refractivity contribution >= 4 is 28.3 Å². The third-order valence-electron chi connectivity index (χ3n) is 6.27. The molecule has 4 aromatic rings. The lowest BCUT2D eigenvalue weighted by Gasteiger charge is -2.29. The molecule has 1 N–H and O–H groups in total. The molecule has 0 unspecified atom stereocenters. The smallest absolute Gasteiger partial charge is 0.220 e. The van der Waals surface area contributed by atoms with Crippen molar-refractivity contribution in [2.75, 3.05) is 31.2 Å². The molecule has 3 aromatic heterocycles. The lowest BCUT2D eigenvalue weighted by atomic mass is 10.1. The van der Waals surface area contributed by atoms with Crippen molar-refractivity contribution in [1.29, 1.82) is 0 Å². The Hall–Kier alpha value is -3.52. The van der Waals surface area contributed by atoms with Crippen LogP contribution in [0.3, 0.4) is 0 Å². The van der Waals surface area contributed by atoms with Gasteiger partial charge in [0.15, 0.2) is 5.65 Å². The van der Waals surface area contributed by atoms with Crippen molar-refractivity contribution in [2.24, 2.45) is 0 Å². The molecule has 0 radical (unpaired) electrons. The number of nitrogens with one attached hydrogen (secondary N) is 1. The van der Waals surface area contributed by atoms with E-state index in [1.165, 1.54) is 0 Å². The number of nitrogens with zero attached hydrogens (tertiary/aromatic N) is 5. The van der Waals surface area contributed by atoms with Gasteiger partial charge in [-0.1, -0.05) is 18.2 Å².